The van der Waals surface area contributed by atoms with Crippen LogP contribution in [0.15, 0.2) is 93.8 Å². The van der Waals surface area contributed by atoms with Gasteiger partial charge in [0.1, 0.15) is 45.8 Å². The molecule has 1 unspecified atom stereocenters. The summed E-state index contributed by atoms with van der Waals surface area (Å²) in [5.41, 5.74) is -1.80. The maximum absolute atomic E-state index is 14.1. The zero-order valence-electron chi connectivity index (χ0n) is 34.7. The molecule has 0 saturated carbocycles. The highest BCUT2D eigenvalue weighted by Gasteiger charge is 2.57. The number of Topliss-reactive ketones (excluding diaryl/α,β-unsaturated/α-hetero) is 1. The Labute approximate surface area is 343 Å². The number of para-hydroxylation sites is 2. The van der Waals surface area contributed by atoms with Crippen LogP contribution in [0.1, 0.15) is 74.3 Å². The Bertz CT molecular complexity index is 2420. The van der Waals surface area contributed by atoms with Crippen LogP contribution in [0.4, 0.5) is 35.1 Å². The first-order chi connectivity index (χ1) is 27.7. The summed E-state index contributed by atoms with van der Waals surface area (Å²) in [6.07, 6.45) is -12.1. The average Bonchev–Trinajstić information content (AvgIpc) is 3.63. The zero-order chi connectivity index (χ0) is 45.0. The maximum atomic E-state index is 14.1. The zero-order valence-corrected chi connectivity index (χ0v) is 34.7. The highest BCUT2D eigenvalue weighted by molar-refractivity contribution is 5.85. The molecule has 0 bridgehead atoms. The number of ether oxygens (including phenoxy) is 2. The molecule has 324 valence electrons. The number of aryl methyl sites for hydroxylation is 3. The molecule has 0 radical (unpaired) electrons. The molecule has 2 aromatic heterocycles. The van der Waals surface area contributed by atoms with Crippen molar-refractivity contribution < 1.29 is 63.3 Å². The highest BCUT2D eigenvalue weighted by atomic mass is 19.4. The predicted octanol–water partition coefficient (Wildman–Crippen LogP) is 12.8. The fourth-order valence-corrected chi connectivity index (χ4v) is 7.06. The number of ketones is 1. The van der Waals surface area contributed by atoms with Gasteiger partial charge in [-0.2, -0.15) is 26.3 Å². The van der Waals surface area contributed by atoms with E-state index < -0.39 is 65.5 Å². The Balaban J connectivity index is 0.000000224. The molecule has 0 spiro atoms. The Morgan fingerprint density at radius 3 is 1.53 bits per heavy atom. The summed E-state index contributed by atoms with van der Waals surface area (Å²) in [6, 6.07) is 22.2. The highest BCUT2D eigenvalue weighted by Crippen LogP contribution is 2.46. The van der Waals surface area contributed by atoms with Gasteiger partial charge in [-0.3, -0.25) is 4.79 Å². The van der Waals surface area contributed by atoms with E-state index in [0.717, 1.165) is 29.5 Å². The topological polar surface area (TPSA) is 82.0 Å². The Kier molecular flexibility index (Phi) is 14.3. The molecule has 6 rings (SSSR count). The van der Waals surface area contributed by atoms with Crippen LogP contribution in [-0.4, -0.2) is 43.1 Å². The van der Waals surface area contributed by atoms with Gasteiger partial charge in [-0.25, -0.2) is 8.78 Å². The summed E-state index contributed by atoms with van der Waals surface area (Å²) in [5.74, 6) is -1.44. The molecule has 0 aliphatic rings. The van der Waals surface area contributed by atoms with Gasteiger partial charge in [-0.1, -0.05) is 64.1 Å². The number of aliphatic hydroxyl groups is 1. The molecule has 1 atom stereocenters. The van der Waals surface area contributed by atoms with Crippen LogP contribution in [0.25, 0.3) is 21.9 Å². The third-order valence-electron chi connectivity index (χ3n) is 10.4. The van der Waals surface area contributed by atoms with Gasteiger partial charge >= 0.3 is 12.4 Å². The van der Waals surface area contributed by atoms with Gasteiger partial charge < -0.3 is 23.4 Å². The summed E-state index contributed by atoms with van der Waals surface area (Å²) >= 11 is 0. The summed E-state index contributed by atoms with van der Waals surface area (Å²) in [7, 11) is 2.69. The second-order valence-corrected chi connectivity index (χ2v) is 15.9. The molecular weight excluding hydrogens is 800 g/mol. The smallest absolute Gasteiger partial charge is 0.450 e. The van der Waals surface area contributed by atoms with Gasteiger partial charge in [0.15, 0.2) is 5.60 Å². The lowest BCUT2D eigenvalue weighted by atomic mass is 9.73. The minimum Gasteiger partial charge on any atom is -0.496 e. The second-order valence-electron chi connectivity index (χ2n) is 15.9. The first-order valence-electron chi connectivity index (χ1n) is 18.7. The molecule has 60 heavy (non-hydrogen) atoms. The van der Waals surface area contributed by atoms with E-state index in [1.54, 1.807) is 31.2 Å². The number of carbonyl (C=O) groups is 1. The first-order valence-corrected chi connectivity index (χ1v) is 18.7. The number of rotatable bonds is 10. The van der Waals surface area contributed by atoms with Crippen LogP contribution >= 0.6 is 0 Å². The van der Waals surface area contributed by atoms with E-state index in [0.29, 0.717) is 16.5 Å². The number of hydrogen-bond donors (Lipinski definition) is 1. The van der Waals surface area contributed by atoms with Crippen LogP contribution in [0.2, 0.25) is 0 Å². The molecule has 6 aromatic rings. The van der Waals surface area contributed by atoms with Gasteiger partial charge in [-0.05, 0) is 92.3 Å². The number of hydrogen-bond acceptors (Lipinski definition) is 6. The molecule has 0 aliphatic carbocycles. The van der Waals surface area contributed by atoms with Crippen molar-refractivity contribution in [2.45, 2.75) is 96.5 Å². The van der Waals surface area contributed by atoms with Crippen LogP contribution in [-0.2, 0) is 22.0 Å². The van der Waals surface area contributed by atoms with Gasteiger partial charge in [-0.15, -0.1) is 0 Å². The Morgan fingerprint density at radius 2 is 1.10 bits per heavy atom. The molecular formula is C46H48F8O6. The van der Waals surface area contributed by atoms with Crippen molar-refractivity contribution in [3.05, 3.63) is 130 Å². The summed E-state index contributed by atoms with van der Waals surface area (Å²) in [5, 5.41) is 12.8. The number of methoxy groups -OCH3 is 2. The fourth-order valence-electron chi connectivity index (χ4n) is 7.06. The van der Waals surface area contributed by atoms with E-state index in [2.05, 4.69) is 13.0 Å². The summed E-state index contributed by atoms with van der Waals surface area (Å²) in [4.78, 5) is 11.1. The number of carbonyl (C=O) groups excluding carboxylic acids is 1. The lowest BCUT2D eigenvalue weighted by Crippen LogP contribution is -2.50. The van der Waals surface area contributed by atoms with E-state index in [1.807, 2.05) is 25.1 Å². The molecule has 14 heteroatoms. The van der Waals surface area contributed by atoms with Crippen LogP contribution in [0.3, 0.4) is 0 Å². The quantitative estimate of drug-likeness (QED) is 0.138. The van der Waals surface area contributed by atoms with E-state index in [9.17, 15) is 45.0 Å². The summed E-state index contributed by atoms with van der Waals surface area (Å²) < 4.78 is 128. The first kappa shape index (κ1) is 47.3. The fraction of sp³-hybridized carbons (Fsp3) is 0.370. The van der Waals surface area contributed by atoms with Crippen molar-refractivity contribution in [1.29, 1.82) is 0 Å². The van der Waals surface area contributed by atoms with Crippen LogP contribution in [0, 0.1) is 32.4 Å². The Morgan fingerprint density at radius 1 is 0.650 bits per heavy atom. The van der Waals surface area contributed by atoms with Crippen molar-refractivity contribution in [1.82, 2.24) is 0 Å². The molecule has 0 amide bonds. The SMILES string of the molecule is COc1ccc(F)cc1C(C)(C)CC(=O)C(F)(F)F.COc1ccc(F)cc1C(C)(C)CC(O)(Cc1oc2ccccc2c1C)C(F)(F)F.Cc1oc2ccccc2c1C. The normalized spacial score (nSPS) is 13.2. The van der Waals surface area contributed by atoms with Crippen molar-refractivity contribution >= 4 is 27.7 Å². The maximum Gasteiger partial charge on any atom is 0.450 e. The molecule has 0 saturated heterocycles. The third-order valence-corrected chi connectivity index (χ3v) is 10.4. The van der Waals surface area contributed by atoms with E-state index >= 15 is 0 Å². The predicted molar refractivity (Wildman–Crippen MR) is 214 cm³/mol. The van der Waals surface area contributed by atoms with Crippen molar-refractivity contribution in [3.8, 4) is 11.5 Å². The number of fused-ring (bicyclic) bond motifs is 2. The Hall–Kier alpha value is -5.37. The number of alkyl halides is 6. The number of benzene rings is 4. The number of halogens is 8. The van der Waals surface area contributed by atoms with Gasteiger partial charge in [0, 0.05) is 40.2 Å². The average molecular weight is 849 g/mol. The van der Waals surface area contributed by atoms with Crippen molar-refractivity contribution in [2.75, 3.05) is 14.2 Å². The van der Waals surface area contributed by atoms with Crippen molar-refractivity contribution in [2.24, 2.45) is 0 Å². The monoisotopic (exact) mass is 848 g/mol. The lowest BCUT2D eigenvalue weighted by molar-refractivity contribution is -0.267. The minimum atomic E-state index is -4.93. The molecule has 2 heterocycles. The van der Waals surface area contributed by atoms with Gasteiger partial charge in [0.2, 0.25) is 5.78 Å². The molecule has 0 aliphatic heterocycles. The standard InChI is InChI=1S/C23H24F4O3.C13H14F4O2.C10H10O/c1-14-16-7-5-6-8-18(16)30-20(14)12-22(28,23(25,26)27)13-21(2,3)17-11-15(24)9-10-19(17)29-4;1-12(2,7-11(18)13(15,16)17)9-6-8(14)4-5-10(9)19-3;1-7-8(2)11-10-6-4-3-5-9(7)10/h5-11,28H,12-13H2,1-4H3;4-6H,7H2,1-3H3;3-6H,1-2H3. The largest absolute Gasteiger partial charge is 0.496 e. The van der Waals surface area contributed by atoms with E-state index in [1.165, 1.54) is 71.1 Å². The van der Waals surface area contributed by atoms with Gasteiger partial charge in [0.05, 0.1) is 14.2 Å². The molecule has 1 N–H and O–H groups in total. The third kappa shape index (κ3) is 10.9. The summed E-state index contributed by atoms with van der Waals surface area (Å²) in [6.45, 7) is 11.7. The minimum absolute atomic E-state index is 0.0676. The van der Waals surface area contributed by atoms with Gasteiger partial charge in [0.25, 0.3) is 0 Å². The van der Waals surface area contributed by atoms with E-state index in [-0.39, 0.29) is 28.4 Å². The number of furan rings is 2. The molecule has 6 nitrogen and oxygen atoms in total. The second kappa shape index (κ2) is 18.1. The lowest BCUT2D eigenvalue weighted by Gasteiger charge is -2.38. The molecule has 4 aromatic carbocycles. The van der Waals surface area contributed by atoms with Crippen LogP contribution in [0.5, 0.6) is 11.5 Å². The van der Waals surface area contributed by atoms with Crippen molar-refractivity contribution in [3.63, 3.8) is 0 Å². The van der Waals surface area contributed by atoms with Crippen LogP contribution < -0.4 is 9.47 Å². The molecule has 0 fully saturated rings. The van der Waals surface area contributed by atoms with E-state index in [4.69, 9.17) is 18.3 Å².